The number of nitrogens with one attached hydrogen (secondary N) is 1. The molecule has 7 heteroatoms. The maximum atomic E-state index is 13.7. The Morgan fingerprint density at radius 1 is 1.07 bits per heavy atom. The van der Waals surface area contributed by atoms with Crippen molar-refractivity contribution in [3.8, 4) is 0 Å². The molecular formula is C20H18F2N4O. The molecule has 0 spiro atoms. The minimum absolute atomic E-state index is 0.214. The number of hydrogen-bond donors (Lipinski definition) is 1. The summed E-state index contributed by atoms with van der Waals surface area (Å²) in [5.41, 5.74) is 1.62. The van der Waals surface area contributed by atoms with Crippen molar-refractivity contribution >= 4 is 17.3 Å². The lowest BCUT2D eigenvalue weighted by Gasteiger charge is -2.19. The molecule has 3 aromatic rings. The zero-order chi connectivity index (χ0) is 19.2. The Morgan fingerprint density at radius 3 is 2.48 bits per heavy atom. The van der Waals surface area contributed by atoms with Gasteiger partial charge in [-0.25, -0.2) is 8.78 Å². The van der Waals surface area contributed by atoms with Crippen LogP contribution >= 0.6 is 0 Å². The van der Waals surface area contributed by atoms with E-state index in [0.717, 1.165) is 29.8 Å². The van der Waals surface area contributed by atoms with Crippen LogP contribution < -0.4 is 10.2 Å². The van der Waals surface area contributed by atoms with Crippen LogP contribution in [0.3, 0.4) is 0 Å². The number of carbonyl (C=O) groups excluding carboxylic acids is 1. The summed E-state index contributed by atoms with van der Waals surface area (Å²) in [7, 11) is 1.89. The number of benzene rings is 1. The van der Waals surface area contributed by atoms with Crippen LogP contribution in [0.25, 0.3) is 0 Å². The molecule has 0 aliphatic rings. The Morgan fingerprint density at radius 2 is 1.78 bits per heavy atom. The van der Waals surface area contributed by atoms with E-state index in [9.17, 15) is 13.6 Å². The summed E-state index contributed by atoms with van der Waals surface area (Å²) in [4.78, 5) is 22.4. The van der Waals surface area contributed by atoms with Crippen molar-refractivity contribution in [1.29, 1.82) is 0 Å². The first kappa shape index (κ1) is 18.4. The second-order valence-electron chi connectivity index (χ2n) is 6.01. The molecule has 138 valence electrons. The van der Waals surface area contributed by atoms with Gasteiger partial charge in [0.05, 0.1) is 17.4 Å². The third kappa shape index (κ3) is 4.63. The Hall–Kier alpha value is -3.35. The summed E-state index contributed by atoms with van der Waals surface area (Å²) < 4.78 is 27.4. The fourth-order valence-electron chi connectivity index (χ4n) is 2.54. The zero-order valence-corrected chi connectivity index (χ0v) is 14.7. The number of aromatic nitrogens is 2. The summed E-state index contributed by atoms with van der Waals surface area (Å²) in [6.07, 6.45) is 7.27. The standard InChI is InChI=1S/C20H18F2N4O/c1-26(10-7-14-5-8-23-9-6-14)16-11-15(12-24-13-16)20(27)25-19-17(21)3-2-4-18(19)22/h2-6,8-9,11-13H,7,10H2,1H3,(H,25,27). The fraction of sp³-hybridized carbons (Fsp3) is 0.150. The summed E-state index contributed by atoms with van der Waals surface area (Å²) in [6.45, 7) is 0.707. The Balaban J connectivity index is 1.70. The molecule has 1 aromatic carbocycles. The third-order valence-electron chi connectivity index (χ3n) is 4.11. The van der Waals surface area contributed by atoms with E-state index in [1.807, 2.05) is 24.1 Å². The highest BCUT2D eigenvalue weighted by Crippen LogP contribution is 2.20. The van der Waals surface area contributed by atoms with Gasteiger partial charge in [-0.15, -0.1) is 0 Å². The molecule has 0 saturated carbocycles. The van der Waals surface area contributed by atoms with E-state index in [1.54, 1.807) is 24.7 Å². The molecule has 0 fully saturated rings. The van der Waals surface area contributed by atoms with Gasteiger partial charge in [0.25, 0.3) is 5.91 Å². The monoisotopic (exact) mass is 368 g/mol. The molecule has 0 bridgehead atoms. The topological polar surface area (TPSA) is 58.1 Å². The molecule has 0 saturated heterocycles. The number of amides is 1. The van der Waals surface area contributed by atoms with Gasteiger partial charge < -0.3 is 10.2 Å². The van der Waals surface area contributed by atoms with Gasteiger partial charge in [0.1, 0.15) is 17.3 Å². The molecule has 0 aliphatic carbocycles. The van der Waals surface area contributed by atoms with Gasteiger partial charge in [0.2, 0.25) is 0 Å². The van der Waals surface area contributed by atoms with Crippen molar-refractivity contribution in [2.24, 2.45) is 0 Å². The molecule has 0 aliphatic heterocycles. The van der Waals surface area contributed by atoms with Crippen molar-refractivity contribution in [3.05, 3.63) is 83.9 Å². The molecular weight excluding hydrogens is 350 g/mol. The summed E-state index contributed by atoms with van der Waals surface area (Å²) in [5.74, 6) is -2.29. The van der Waals surface area contributed by atoms with E-state index in [4.69, 9.17) is 0 Å². The largest absolute Gasteiger partial charge is 0.373 e. The van der Waals surface area contributed by atoms with E-state index < -0.39 is 23.2 Å². The van der Waals surface area contributed by atoms with Crippen molar-refractivity contribution in [2.45, 2.75) is 6.42 Å². The smallest absolute Gasteiger partial charge is 0.257 e. The highest BCUT2D eigenvalue weighted by Gasteiger charge is 2.14. The minimum atomic E-state index is -0.832. The number of hydrogen-bond acceptors (Lipinski definition) is 4. The molecule has 1 amide bonds. The number of pyridine rings is 2. The molecule has 2 heterocycles. The van der Waals surface area contributed by atoms with Crippen LogP contribution in [0, 0.1) is 11.6 Å². The summed E-state index contributed by atoms with van der Waals surface area (Å²) in [5, 5.41) is 2.26. The van der Waals surface area contributed by atoms with Gasteiger partial charge in [-0.2, -0.15) is 0 Å². The molecule has 3 rings (SSSR count). The van der Waals surface area contributed by atoms with E-state index in [1.165, 1.54) is 12.3 Å². The second-order valence-corrected chi connectivity index (χ2v) is 6.01. The van der Waals surface area contributed by atoms with Crippen molar-refractivity contribution in [3.63, 3.8) is 0 Å². The average Bonchev–Trinajstić information content (AvgIpc) is 2.70. The van der Waals surface area contributed by atoms with Crippen LogP contribution in [-0.2, 0) is 6.42 Å². The molecule has 2 aromatic heterocycles. The van der Waals surface area contributed by atoms with E-state index in [-0.39, 0.29) is 5.56 Å². The highest BCUT2D eigenvalue weighted by atomic mass is 19.1. The van der Waals surface area contributed by atoms with Crippen LogP contribution in [0.1, 0.15) is 15.9 Å². The fourth-order valence-corrected chi connectivity index (χ4v) is 2.54. The van der Waals surface area contributed by atoms with Gasteiger partial charge in [0.15, 0.2) is 0 Å². The predicted octanol–water partition coefficient (Wildman–Crippen LogP) is 3.69. The number of anilines is 2. The Kier molecular flexibility index (Phi) is 5.71. The maximum Gasteiger partial charge on any atom is 0.257 e. The minimum Gasteiger partial charge on any atom is -0.373 e. The van der Waals surface area contributed by atoms with Gasteiger partial charge in [-0.1, -0.05) is 6.07 Å². The SMILES string of the molecule is CN(CCc1ccncc1)c1cncc(C(=O)Nc2c(F)cccc2F)c1. The first-order valence-electron chi connectivity index (χ1n) is 8.35. The zero-order valence-electron chi connectivity index (χ0n) is 14.7. The van der Waals surface area contributed by atoms with E-state index in [2.05, 4.69) is 15.3 Å². The summed E-state index contributed by atoms with van der Waals surface area (Å²) >= 11 is 0. The van der Waals surface area contributed by atoms with Crippen LogP contribution in [-0.4, -0.2) is 29.5 Å². The Bertz CT molecular complexity index is 914. The molecule has 27 heavy (non-hydrogen) atoms. The quantitative estimate of drug-likeness (QED) is 0.721. The van der Waals surface area contributed by atoms with Gasteiger partial charge >= 0.3 is 0 Å². The summed E-state index contributed by atoms with van der Waals surface area (Å²) in [6, 6.07) is 8.92. The number of para-hydroxylation sites is 1. The Labute approximate surface area is 155 Å². The maximum absolute atomic E-state index is 13.7. The van der Waals surface area contributed by atoms with Gasteiger partial charge in [0, 0.05) is 32.2 Å². The van der Waals surface area contributed by atoms with Crippen LogP contribution in [0.4, 0.5) is 20.2 Å². The van der Waals surface area contributed by atoms with Crippen LogP contribution in [0.15, 0.2) is 61.2 Å². The van der Waals surface area contributed by atoms with Crippen LogP contribution in [0.5, 0.6) is 0 Å². The molecule has 5 nitrogen and oxygen atoms in total. The van der Waals surface area contributed by atoms with Crippen molar-refractivity contribution in [2.75, 3.05) is 23.8 Å². The predicted molar refractivity (Wildman–Crippen MR) is 99.8 cm³/mol. The first-order valence-corrected chi connectivity index (χ1v) is 8.35. The number of rotatable bonds is 6. The lowest BCUT2D eigenvalue weighted by atomic mass is 10.2. The second kappa shape index (κ2) is 8.35. The lowest BCUT2D eigenvalue weighted by Crippen LogP contribution is -2.21. The third-order valence-corrected chi connectivity index (χ3v) is 4.11. The molecule has 0 unspecified atom stereocenters. The molecule has 0 radical (unpaired) electrons. The van der Waals surface area contributed by atoms with Gasteiger partial charge in [-0.3, -0.25) is 14.8 Å². The van der Waals surface area contributed by atoms with E-state index in [0.29, 0.717) is 6.54 Å². The van der Waals surface area contributed by atoms with Crippen molar-refractivity contribution in [1.82, 2.24) is 9.97 Å². The molecule has 1 N–H and O–H groups in total. The number of nitrogens with zero attached hydrogens (tertiary/aromatic N) is 3. The number of carbonyl (C=O) groups is 1. The lowest BCUT2D eigenvalue weighted by molar-refractivity contribution is 0.102. The number of halogens is 2. The van der Waals surface area contributed by atoms with Crippen molar-refractivity contribution < 1.29 is 13.6 Å². The number of likely N-dealkylation sites (N-methyl/N-ethyl adjacent to an activating group) is 1. The first-order chi connectivity index (χ1) is 13.0. The average molecular weight is 368 g/mol. The van der Waals surface area contributed by atoms with E-state index >= 15 is 0 Å². The van der Waals surface area contributed by atoms with Gasteiger partial charge in [-0.05, 0) is 42.3 Å². The van der Waals surface area contributed by atoms with Crippen LogP contribution in [0.2, 0.25) is 0 Å². The highest BCUT2D eigenvalue weighted by molar-refractivity contribution is 6.04. The molecule has 0 atom stereocenters. The normalized spacial score (nSPS) is 10.5.